The highest BCUT2D eigenvalue weighted by molar-refractivity contribution is 6.33. The smallest absolute Gasteiger partial charge is 0.165 e. The number of hydrogen-bond donors (Lipinski definition) is 2. The minimum atomic E-state index is -0.863. The third-order valence-electron chi connectivity index (χ3n) is 3.39. The monoisotopic (exact) mass is 309 g/mol. The zero-order valence-corrected chi connectivity index (χ0v) is 12.6. The predicted molar refractivity (Wildman–Crippen MR) is 82.5 cm³/mol. The van der Waals surface area contributed by atoms with Crippen LogP contribution in [0.2, 0.25) is 5.02 Å². The van der Waals surface area contributed by atoms with E-state index in [4.69, 9.17) is 16.3 Å². The molecule has 0 bridgehead atoms. The van der Waals surface area contributed by atoms with Crippen LogP contribution < -0.4 is 10.1 Å². The molecule has 0 aliphatic rings. The topological polar surface area (TPSA) is 41.5 Å². The summed E-state index contributed by atoms with van der Waals surface area (Å²) >= 11 is 6.12. The maximum atomic E-state index is 13.9. The van der Waals surface area contributed by atoms with Gasteiger partial charge in [-0.3, -0.25) is 0 Å². The number of hydrogen-bond acceptors (Lipinski definition) is 3. The molecule has 0 fully saturated rings. The lowest BCUT2D eigenvalue weighted by Gasteiger charge is -2.31. The molecular formula is C16H17ClFNO2. The Morgan fingerprint density at radius 1 is 1.29 bits per heavy atom. The van der Waals surface area contributed by atoms with E-state index in [1.165, 1.54) is 19.2 Å². The first-order valence-electron chi connectivity index (χ1n) is 6.48. The number of benzene rings is 2. The average Bonchev–Trinajstić information content (AvgIpc) is 2.49. The van der Waals surface area contributed by atoms with Crippen LogP contribution in [0.1, 0.15) is 12.5 Å². The molecular weight excluding hydrogens is 293 g/mol. The molecule has 0 aliphatic carbocycles. The molecule has 2 N–H and O–H groups in total. The van der Waals surface area contributed by atoms with Crippen molar-refractivity contribution in [1.29, 1.82) is 0 Å². The second kappa shape index (κ2) is 6.33. The van der Waals surface area contributed by atoms with E-state index in [0.29, 0.717) is 16.3 Å². The molecule has 2 aromatic rings. The molecule has 112 valence electrons. The van der Waals surface area contributed by atoms with E-state index in [1.54, 1.807) is 25.1 Å². The molecule has 0 radical (unpaired) electrons. The summed E-state index contributed by atoms with van der Waals surface area (Å²) in [7, 11) is 1.41. The molecule has 3 nitrogen and oxygen atoms in total. The third-order valence-corrected chi connectivity index (χ3v) is 3.72. The van der Waals surface area contributed by atoms with Crippen LogP contribution in [0.3, 0.4) is 0 Å². The van der Waals surface area contributed by atoms with Crippen molar-refractivity contribution in [2.45, 2.75) is 12.5 Å². The minimum absolute atomic E-state index is 0.164. The van der Waals surface area contributed by atoms with Crippen LogP contribution >= 0.6 is 11.6 Å². The number of halogens is 2. The van der Waals surface area contributed by atoms with Crippen LogP contribution in [0, 0.1) is 5.82 Å². The average molecular weight is 310 g/mol. The summed E-state index contributed by atoms with van der Waals surface area (Å²) in [6.45, 7) is 1.56. The first-order valence-corrected chi connectivity index (χ1v) is 6.85. The molecule has 2 aromatic carbocycles. The highest BCUT2D eigenvalue weighted by Crippen LogP contribution is 2.31. The van der Waals surface area contributed by atoms with Crippen molar-refractivity contribution in [3.63, 3.8) is 0 Å². The lowest BCUT2D eigenvalue weighted by atomic mass is 9.92. The molecule has 0 aliphatic heterocycles. The molecule has 0 aromatic heterocycles. The van der Waals surface area contributed by atoms with Crippen LogP contribution in [0.5, 0.6) is 5.75 Å². The van der Waals surface area contributed by atoms with Gasteiger partial charge in [0.05, 0.1) is 30.0 Å². The van der Waals surface area contributed by atoms with Gasteiger partial charge in [-0.25, -0.2) is 4.39 Å². The second-order valence-electron chi connectivity index (χ2n) is 4.94. The molecule has 0 amide bonds. The maximum absolute atomic E-state index is 13.9. The minimum Gasteiger partial charge on any atom is -0.494 e. The van der Waals surface area contributed by atoms with Gasteiger partial charge in [-0.1, -0.05) is 29.8 Å². The van der Waals surface area contributed by atoms with Crippen LogP contribution in [0.25, 0.3) is 0 Å². The zero-order valence-electron chi connectivity index (χ0n) is 11.9. The van der Waals surface area contributed by atoms with Gasteiger partial charge in [0.25, 0.3) is 0 Å². The quantitative estimate of drug-likeness (QED) is 0.882. The molecule has 1 atom stereocenters. The summed E-state index contributed by atoms with van der Waals surface area (Å²) in [5.41, 5.74) is 0.410. The molecule has 0 saturated heterocycles. The summed E-state index contributed by atoms with van der Waals surface area (Å²) in [4.78, 5) is 0. The van der Waals surface area contributed by atoms with Gasteiger partial charge in [-0.2, -0.15) is 0 Å². The highest BCUT2D eigenvalue weighted by atomic mass is 35.5. The van der Waals surface area contributed by atoms with Crippen LogP contribution in [0.15, 0.2) is 42.5 Å². The van der Waals surface area contributed by atoms with E-state index < -0.39 is 11.4 Å². The number of anilines is 1. The summed E-state index contributed by atoms with van der Waals surface area (Å²) < 4.78 is 18.8. The van der Waals surface area contributed by atoms with E-state index in [1.807, 2.05) is 12.1 Å². The van der Waals surface area contributed by atoms with E-state index >= 15 is 0 Å². The lowest BCUT2D eigenvalue weighted by molar-refractivity contribution is 0.223. The van der Waals surface area contributed by atoms with Gasteiger partial charge in [0.15, 0.2) is 11.6 Å². The Labute approximate surface area is 128 Å². The fraction of sp³-hybridized carbons (Fsp3) is 0.250. The first kappa shape index (κ1) is 15.6. The van der Waals surface area contributed by atoms with Crippen molar-refractivity contribution in [2.24, 2.45) is 0 Å². The van der Waals surface area contributed by atoms with E-state index in [9.17, 15) is 9.50 Å². The van der Waals surface area contributed by atoms with E-state index in [2.05, 4.69) is 5.32 Å². The van der Waals surface area contributed by atoms with Gasteiger partial charge < -0.3 is 15.2 Å². The molecule has 21 heavy (non-hydrogen) atoms. The number of aliphatic hydroxyl groups excluding tert-OH is 1. The van der Waals surface area contributed by atoms with Gasteiger partial charge >= 0.3 is 0 Å². The Hall–Kier alpha value is -1.78. The molecule has 1 unspecified atom stereocenters. The number of rotatable bonds is 5. The van der Waals surface area contributed by atoms with Crippen molar-refractivity contribution >= 4 is 17.3 Å². The number of para-hydroxylation sites is 1. The fourth-order valence-electron chi connectivity index (χ4n) is 2.07. The molecule has 0 saturated carbocycles. The Kier molecular flexibility index (Phi) is 4.70. The SMILES string of the molecule is COc1ccc(C(C)(CO)Nc2ccccc2Cl)cc1F. The third kappa shape index (κ3) is 3.28. The van der Waals surface area contributed by atoms with Crippen molar-refractivity contribution in [1.82, 2.24) is 0 Å². The van der Waals surface area contributed by atoms with Crippen LogP contribution in [-0.4, -0.2) is 18.8 Å². The van der Waals surface area contributed by atoms with Crippen molar-refractivity contribution in [3.05, 3.63) is 58.9 Å². The van der Waals surface area contributed by atoms with Gasteiger partial charge in [0.1, 0.15) is 0 Å². The standard InChI is InChI=1S/C16H17ClFNO2/c1-16(10-20,19-14-6-4-3-5-12(14)17)11-7-8-15(21-2)13(18)9-11/h3-9,19-20H,10H2,1-2H3. The largest absolute Gasteiger partial charge is 0.494 e. The normalized spacial score (nSPS) is 13.6. The predicted octanol–water partition coefficient (Wildman–Crippen LogP) is 3.81. The van der Waals surface area contributed by atoms with Crippen molar-refractivity contribution < 1.29 is 14.2 Å². The first-order chi connectivity index (χ1) is 10.00. The Morgan fingerprint density at radius 3 is 2.57 bits per heavy atom. The number of nitrogens with one attached hydrogen (secondary N) is 1. The van der Waals surface area contributed by atoms with Gasteiger partial charge in [-0.05, 0) is 36.8 Å². The van der Waals surface area contributed by atoms with Crippen molar-refractivity contribution in [3.8, 4) is 5.75 Å². The zero-order chi connectivity index (χ0) is 15.5. The molecule has 0 heterocycles. The van der Waals surface area contributed by atoms with E-state index in [0.717, 1.165) is 0 Å². The lowest BCUT2D eigenvalue weighted by Crippen LogP contribution is -2.36. The van der Waals surface area contributed by atoms with Gasteiger partial charge in [0, 0.05) is 0 Å². The van der Waals surface area contributed by atoms with Crippen LogP contribution in [-0.2, 0) is 5.54 Å². The second-order valence-corrected chi connectivity index (χ2v) is 5.35. The van der Waals surface area contributed by atoms with E-state index in [-0.39, 0.29) is 12.4 Å². The number of ether oxygens (including phenoxy) is 1. The van der Waals surface area contributed by atoms with Gasteiger partial charge in [-0.15, -0.1) is 0 Å². The Balaban J connectivity index is 2.37. The van der Waals surface area contributed by atoms with Crippen LogP contribution in [0.4, 0.5) is 10.1 Å². The fourth-order valence-corrected chi connectivity index (χ4v) is 2.26. The summed E-state index contributed by atoms with van der Waals surface area (Å²) in [6.07, 6.45) is 0. The molecule has 0 spiro atoms. The maximum Gasteiger partial charge on any atom is 0.165 e. The van der Waals surface area contributed by atoms with Gasteiger partial charge in [0.2, 0.25) is 0 Å². The van der Waals surface area contributed by atoms with Crippen molar-refractivity contribution in [2.75, 3.05) is 19.0 Å². The molecule has 2 rings (SSSR count). The summed E-state index contributed by atoms with van der Waals surface area (Å²) in [5.74, 6) is -0.313. The Morgan fingerprint density at radius 2 is 2.00 bits per heavy atom. The summed E-state index contributed by atoms with van der Waals surface area (Å²) in [6, 6.07) is 11.8. The highest BCUT2D eigenvalue weighted by Gasteiger charge is 2.27. The number of aliphatic hydroxyl groups is 1. The molecule has 5 heteroatoms. The number of methoxy groups -OCH3 is 1. The Bertz CT molecular complexity index is 635. The summed E-state index contributed by atoms with van der Waals surface area (Å²) in [5, 5.41) is 13.4.